The van der Waals surface area contributed by atoms with Crippen molar-refractivity contribution in [3.63, 3.8) is 0 Å². The van der Waals surface area contributed by atoms with Crippen molar-refractivity contribution in [3.05, 3.63) is 56.0 Å². The number of H-pyrrole nitrogens is 4. The predicted molar refractivity (Wildman–Crippen MR) is 90.4 cm³/mol. The normalized spacial score (nSPS) is 9.14. The number of nitrogen functional groups attached to an aromatic ring is 2. The Bertz CT molecular complexity index is 955. The Balaban J connectivity index is 0.000000206. The molecular formula is C10H12N12O6. The first-order valence-electron chi connectivity index (χ1n) is 6.75. The van der Waals surface area contributed by atoms with Crippen molar-refractivity contribution in [2.75, 3.05) is 11.5 Å². The molecule has 0 aliphatic carbocycles. The molecule has 0 saturated heterocycles. The van der Waals surface area contributed by atoms with Gasteiger partial charge in [-0.05, 0) is 0 Å². The van der Waals surface area contributed by atoms with Crippen LogP contribution in [-0.4, -0.2) is 40.1 Å². The standard InChI is InChI=1S/2C5H5N5.2NO3/c2*6-4-3-5(9-1-7-3)10-2-8-4;2*2-1(3)4/h2*1-2H,(H3,6,7,8,9,10);;/q;;2*-1/p+2. The van der Waals surface area contributed by atoms with Crippen molar-refractivity contribution in [2.45, 2.75) is 0 Å². The number of aromatic nitrogens is 8. The third-order valence-electron chi connectivity index (χ3n) is 2.60. The van der Waals surface area contributed by atoms with Crippen molar-refractivity contribution in [2.24, 2.45) is 0 Å². The molecule has 0 bridgehead atoms. The number of rotatable bonds is 0. The van der Waals surface area contributed by atoms with Crippen LogP contribution in [0.4, 0.5) is 11.6 Å². The lowest BCUT2D eigenvalue weighted by Gasteiger charge is -1.82. The van der Waals surface area contributed by atoms with Crippen LogP contribution in [-0.2, 0) is 0 Å². The fraction of sp³-hybridized carbons (Fsp3) is 0. The Morgan fingerprint density at radius 3 is 1.36 bits per heavy atom. The first-order chi connectivity index (χ1) is 13.2. The maximum atomic E-state index is 8.25. The molecule has 4 heterocycles. The van der Waals surface area contributed by atoms with E-state index >= 15 is 0 Å². The zero-order valence-electron chi connectivity index (χ0n) is 13.6. The average Bonchev–Trinajstić information content (AvgIpc) is 3.24. The highest BCUT2D eigenvalue weighted by atomic mass is 16.9. The smallest absolute Gasteiger partial charge is 0.290 e. The Hall–Kier alpha value is -4.90. The van der Waals surface area contributed by atoms with E-state index in [4.69, 9.17) is 42.1 Å². The van der Waals surface area contributed by atoms with Gasteiger partial charge in [-0.25, -0.2) is 9.97 Å². The van der Waals surface area contributed by atoms with E-state index in [2.05, 4.69) is 39.9 Å². The fourth-order valence-corrected chi connectivity index (χ4v) is 1.65. The topological polar surface area (TPSA) is 296 Å². The van der Waals surface area contributed by atoms with Crippen LogP contribution in [0.3, 0.4) is 0 Å². The molecule has 18 heteroatoms. The molecule has 0 amide bonds. The third-order valence-corrected chi connectivity index (χ3v) is 2.60. The Labute approximate surface area is 152 Å². The summed E-state index contributed by atoms with van der Waals surface area (Å²) in [4.78, 5) is 43.5. The van der Waals surface area contributed by atoms with Gasteiger partial charge in [-0.3, -0.25) is 0 Å². The van der Waals surface area contributed by atoms with Gasteiger partial charge in [0.2, 0.25) is 24.3 Å². The lowest BCUT2D eigenvalue weighted by Crippen LogP contribution is -2.06. The van der Waals surface area contributed by atoms with Gasteiger partial charge in [0, 0.05) is 0 Å². The van der Waals surface area contributed by atoms with Gasteiger partial charge in [0.25, 0.3) is 11.3 Å². The van der Waals surface area contributed by atoms with Gasteiger partial charge in [-0.2, -0.15) is 0 Å². The fourth-order valence-electron chi connectivity index (χ4n) is 1.65. The number of nitrogens with zero attached hydrogens (tertiary/aromatic N) is 6. The van der Waals surface area contributed by atoms with Gasteiger partial charge in [-0.15, -0.1) is 0 Å². The highest BCUT2D eigenvalue weighted by Crippen LogP contribution is 2.07. The van der Waals surface area contributed by atoms with E-state index in [1.807, 2.05) is 0 Å². The minimum atomic E-state index is -1.75. The van der Waals surface area contributed by atoms with E-state index in [0.717, 1.165) is 22.3 Å². The number of aromatic amines is 4. The molecule has 0 unspecified atom stereocenters. The number of hydrogen-bond acceptors (Lipinski definition) is 12. The predicted octanol–water partition coefficient (Wildman–Crippen LogP) is -1.77. The first kappa shape index (κ1) is 21.1. The van der Waals surface area contributed by atoms with Gasteiger partial charge in [-0.1, -0.05) is 19.9 Å². The molecule has 0 atom stereocenters. The van der Waals surface area contributed by atoms with E-state index in [9.17, 15) is 0 Å². The van der Waals surface area contributed by atoms with Crippen LogP contribution >= 0.6 is 0 Å². The maximum absolute atomic E-state index is 8.25. The number of imidazole rings is 2. The zero-order chi connectivity index (χ0) is 21.1. The molecule has 0 aromatic carbocycles. The summed E-state index contributed by atoms with van der Waals surface area (Å²) in [7, 11) is 0. The molecule has 0 spiro atoms. The van der Waals surface area contributed by atoms with E-state index in [-0.39, 0.29) is 0 Å². The van der Waals surface area contributed by atoms with Crippen LogP contribution in [0.5, 0.6) is 0 Å². The van der Waals surface area contributed by atoms with Gasteiger partial charge in [0.15, 0.2) is 23.7 Å². The summed E-state index contributed by atoms with van der Waals surface area (Å²) in [6, 6.07) is 0. The largest absolute Gasteiger partial charge is 0.368 e. The van der Waals surface area contributed by atoms with Crippen LogP contribution in [0.25, 0.3) is 22.3 Å². The van der Waals surface area contributed by atoms with Crippen LogP contribution in [0, 0.1) is 30.6 Å². The Morgan fingerprint density at radius 2 is 1.07 bits per heavy atom. The monoisotopic (exact) mass is 396 g/mol. The zero-order valence-corrected chi connectivity index (χ0v) is 13.6. The Morgan fingerprint density at radius 1 is 0.750 bits per heavy atom. The second-order valence-corrected chi connectivity index (χ2v) is 4.28. The lowest BCUT2D eigenvalue weighted by atomic mass is 10.5. The van der Waals surface area contributed by atoms with E-state index in [1.54, 1.807) is 12.7 Å². The minimum Gasteiger partial charge on any atom is -0.368 e. The van der Waals surface area contributed by atoms with Crippen molar-refractivity contribution in [3.8, 4) is 0 Å². The molecular weight excluding hydrogens is 384 g/mol. The van der Waals surface area contributed by atoms with Gasteiger partial charge in [0.1, 0.15) is 0 Å². The van der Waals surface area contributed by atoms with Crippen molar-refractivity contribution >= 4 is 34.0 Å². The number of nitrogens with two attached hydrogens (primary N) is 2. The molecule has 18 nitrogen and oxygen atoms in total. The summed E-state index contributed by atoms with van der Waals surface area (Å²) in [6.07, 6.45) is 6.16. The van der Waals surface area contributed by atoms with E-state index < -0.39 is 10.2 Å². The van der Waals surface area contributed by atoms with E-state index in [1.165, 1.54) is 12.7 Å². The number of anilines is 2. The summed E-state index contributed by atoms with van der Waals surface area (Å²) >= 11 is 0. The van der Waals surface area contributed by atoms with Crippen molar-refractivity contribution < 1.29 is 20.1 Å². The first-order valence-corrected chi connectivity index (χ1v) is 6.75. The summed E-state index contributed by atoms with van der Waals surface area (Å²) in [5.41, 5.74) is 14.0. The molecule has 0 aliphatic rings. The molecule has 8 N–H and O–H groups in total. The van der Waals surface area contributed by atoms with Crippen LogP contribution in [0.2, 0.25) is 0 Å². The average molecular weight is 396 g/mol. The maximum Gasteiger partial charge on any atom is 0.290 e. The highest BCUT2D eigenvalue weighted by molar-refractivity contribution is 5.78. The quantitative estimate of drug-likeness (QED) is 0.189. The molecule has 148 valence electrons. The molecule has 0 saturated carbocycles. The lowest BCUT2D eigenvalue weighted by molar-refractivity contribution is -0.403. The van der Waals surface area contributed by atoms with Gasteiger partial charge in [0.05, 0.1) is 10.2 Å². The van der Waals surface area contributed by atoms with Crippen LogP contribution in [0.1, 0.15) is 0 Å². The molecule has 0 fully saturated rings. The van der Waals surface area contributed by atoms with Crippen molar-refractivity contribution in [1.29, 1.82) is 0 Å². The summed E-state index contributed by atoms with van der Waals surface area (Å²) < 4.78 is 0. The molecule has 4 rings (SSSR count). The highest BCUT2D eigenvalue weighted by Gasteiger charge is 2.07. The number of fused-ring (bicyclic) bond motifs is 2. The molecule has 4 aromatic heterocycles. The van der Waals surface area contributed by atoms with Crippen LogP contribution < -0.4 is 21.4 Å². The molecule has 28 heavy (non-hydrogen) atoms. The summed E-state index contributed by atoms with van der Waals surface area (Å²) in [6.45, 7) is 0. The minimum absolute atomic E-state index is 0.464. The Kier molecular flexibility index (Phi) is 7.68. The van der Waals surface area contributed by atoms with Crippen LogP contribution in [0.15, 0.2) is 25.3 Å². The molecule has 0 radical (unpaired) electrons. The SMILES string of the molecule is Nc1nc[nH+]c2nc[nH]c12.Nc1nc[nH+]c2nc[nH]c12.O=[N+]([O-])[O-].O=[N+]([O-])[O-]. The summed E-state index contributed by atoms with van der Waals surface area (Å²) in [5, 5.41) is 29.5. The van der Waals surface area contributed by atoms with E-state index in [0.29, 0.717) is 11.6 Å². The molecule has 0 aliphatic heterocycles. The second-order valence-electron chi connectivity index (χ2n) is 4.28. The van der Waals surface area contributed by atoms with Gasteiger partial charge < -0.3 is 52.1 Å². The summed E-state index contributed by atoms with van der Waals surface area (Å²) in [5.74, 6) is 0.928. The van der Waals surface area contributed by atoms with Gasteiger partial charge >= 0.3 is 0 Å². The number of nitrogens with one attached hydrogen (secondary N) is 4. The number of hydrogen-bond donors (Lipinski definition) is 4. The molecule has 4 aromatic rings. The third kappa shape index (κ3) is 6.92. The van der Waals surface area contributed by atoms with Crippen molar-refractivity contribution in [1.82, 2.24) is 29.9 Å². The second kappa shape index (κ2) is 10.2.